The van der Waals surface area contributed by atoms with Crippen molar-refractivity contribution in [1.82, 2.24) is 5.32 Å². The van der Waals surface area contributed by atoms with E-state index in [1.54, 1.807) is 0 Å². The van der Waals surface area contributed by atoms with Crippen LogP contribution in [0.2, 0.25) is 0 Å². The van der Waals surface area contributed by atoms with Gasteiger partial charge in [0.25, 0.3) is 0 Å². The lowest BCUT2D eigenvalue weighted by molar-refractivity contribution is -0.0999. The van der Waals surface area contributed by atoms with Crippen molar-refractivity contribution in [2.75, 3.05) is 19.8 Å². The van der Waals surface area contributed by atoms with Crippen molar-refractivity contribution in [2.24, 2.45) is 5.41 Å². The zero-order chi connectivity index (χ0) is 11.6. The molecule has 0 aromatic heterocycles. The monoisotopic (exact) mass is 219 g/mol. The van der Waals surface area contributed by atoms with Crippen LogP contribution in [0.25, 0.3) is 0 Å². The Morgan fingerprint density at radius 3 is 2.44 bits per heavy atom. The molecule has 1 N–H and O–H groups in total. The summed E-state index contributed by atoms with van der Waals surface area (Å²) >= 11 is 0. The number of ether oxygens (including phenoxy) is 1. The summed E-state index contributed by atoms with van der Waals surface area (Å²) < 4.78 is 5.25. The molecule has 1 atom stereocenters. The fraction of sp³-hybridized carbons (Fsp3) is 0.571. The van der Waals surface area contributed by atoms with E-state index in [-0.39, 0.29) is 0 Å². The van der Waals surface area contributed by atoms with E-state index in [9.17, 15) is 0 Å². The van der Waals surface area contributed by atoms with Crippen LogP contribution < -0.4 is 5.32 Å². The summed E-state index contributed by atoms with van der Waals surface area (Å²) in [6.45, 7) is 9.41. The van der Waals surface area contributed by atoms with E-state index < -0.39 is 0 Å². The fourth-order valence-corrected chi connectivity index (χ4v) is 1.93. The molecule has 0 amide bonds. The van der Waals surface area contributed by atoms with Gasteiger partial charge in [-0.05, 0) is 19.4 Å². The van der Waals surface area contributed by atoms with Crippen molar-refractivity contribution in [3.05, 3.63) is 35.4 Å². The van der Waals surface area contributed by atoms with Crippen molar-refractivity contribution in [3.8, 4) is 0 Å². The van der Waals surface area contributed by atoms with E-state index in [0.29, 0.717) is 11.5 Å². The van der Waals surface area contributed by atoms with Crippen LogP contribution >= 0.6 is 0 Å². The third kappa shape index (κ3) is 2.63. The van der Waals surface area contributed by atoms with Crippen LogP contribution in [0.5, 0.6) is 0 Å². The first-order chi connectivity index (χ1) is 7.59. The van der Waals surface area contributed by atoms with Gasteiger partial charge in [0.1, 0.15) is 0 Å². The smallest absolute Gasteiger partial charge is 0.0554 e. The van der Waals surface area contributed by atoms with E-state index >= 15 is 0 Å². The Morgan fingerprint density at radius 2 is 1.94 bits per heavy atom. The standard InChI is InChI=1S/C14H21NO/c1-11-4-6-13(7-5-11)12(2)15-8-14(3)9-16-10-14/h4-7,12,15H,8-10H2,1-3H3/t12-/m1/s1. The molecule has 0 aliphatic carbocycles. The molecule has 1 aliphatic rings. The summed E-state index contributed by atoms with van der Waals surface area (Å²) in [4.78, 5) is 0. The molecule has 0 saturated carbocycles. The molecule has 2 rings (SSSR count). The molecule has 1 heterocycles. The van der Waals surface area contributed by atoms with Crippen molar-refractivity contribution >= 4 is 0 Å². The van der Waals surface area contributed by atoms with Crippen LogP contribution in [0.1, 0.15) is 31.0 Å². The topological polar surface area (TPSA) is 21.3 Å². The molecule has 0 spiro atoms. The van der Waals surface area contributed by atoms with Gasteiger partial charge in [-0.25, -0.2) is 0 Å². The second kappa shape index (κ2) is 4.56. The first kappa shape index (κ1) is 11.6. The van der Waals surface area contributed by atoms with E-state index in [4.69, 9.17) is 4.74 Å². The number of aryl methyl sites for hydroxylation is 1. The predicted octanol–water partition coefficient (Wildman–Crippen LogP) is 2.68. The number of hydrogen-bond acceptors (Lipinski definition) is 2. The number of nitrogens with one attached hydrogen (secondary N) is 1. The maximum Gasteiger partial charge on any atom is 0.0554 e. The summed E-state index contributed by atoms with van der Waals surface area (Å²) in [6, 6.07) is 9.15. The van der Waals surface area contributed by atoms with Gasteiger partial charge >= 0.3 is 0 Å². The van der Waals surface area contributed by atoms with Crippen LogP contribution in [0.4, 0.5) is 0 Å². The van der Waals surface area contributed by atoms with Crippen molar-refractivity contribution in [2.45, 2.75) is 26.8 Å². The van der Waals surface area contributed by atoms with E-state index in [0.717, 1.165) is 19.8 Å². The number of benzene rings is 1. The lowest BCUT2D eigenvalue weighted by Crippen LogP contribution is -2.47. The second-order valence-corrected chi connectivity index (χ2v) is 5.32. The van der Waals surface area contributed by atoms with Gasteiger partial charge in [0.05, 0.1) is 13.2 Å². The highest BCUT2D eigenvalue weighted by Gasteiger charge is 2.33. The molecule has 1 aromatic rings. The zero-order valence-electron chi connectivity index (χ0n) is 10.4. The Kier molecular flexibility index (Phi) is 3.31. The first-order valence-corrected chi connectivity index (χ1v) is 5.97. The minimum absolute atomic E-state index is 0.346. The van der Waals surface area contributed by atoms with Crippen molar-refractivity contribution < 1.29 is 4.74 Å². The summed E-state index contributed by atoms with van der Waals surface area (Å²) in [6.07, 6.45) is 0. The van der Waals surface area contributed by atoms with E-state index in [1.165, 1.54) is 11.1 Å². The largest absolute Gasteiger partial charge is 0.380 e. The number of hydrogen-bond donors (Lipinski definition) is 1. The van der Waals surface area contributed by atoms with Crippen LogP contribution in [-0.4, -0.2) is 19.8 Å². The molecule has 1 saturated heterocycles. The van der Waals surface area contributed by atoms with Gasteiger partial charge in [-0.3, -0.25) is 0 Å². The molecule has 1 aromatic carbocycles. The zero-order valence-corrected chi connectivity index (χ0v) is 10.4. The Hall–Kier alpha value is -0.860. The fourth-order valence-electron chi connectivity index (χ4n) is 1.93. The van der Waals surface area contributed by atoms with Gasteiger partial charge in [0, 0.05) is 18.0 Å². The van der Waals surface area contributed by atoms with Gasteiger partial charge < -0.3 is 10.1 Å². The predicted molar refractivity (Wildman–Crippen MR) is 66.5 cm³/mol. The molecule has 2 heteroatoms. The van der Waals surface area contributed by atoms with Gasteiger partial charge in [0.2, 0.25) is 0 Å². The molecule has 0 unspecified atom stereocenters. The Labute approximate surface area is 98.0 Å². The molecule has 0 radical (unpaired) electrons. The molecule has 2 nitrogen and oxygen atoms in total. The van der Waals surface area contributed by atoms with Crippen LogP contribution in [0.15, 0.2) is 24.3 Å². The van der Waals surface area contributed by atoms with Gasteiger partial charge in [-0.15, -0.1) is 0 Å². The molecule has 0 bridgehead atoms. The molecule has 1 aliphatic heterocycles. The van der Waals surface area contributed by atoms with Crippen molar-refractivity contribution in [1.29, 1.82) is 0 Å². The minimum atomic E-state index is 0.346. The Morgan fingerprint density at radius 1 is 1.31 bits per heavy atom. The lowest BCUT2D eigenvalue weighted by Gasteiger charge is -2.39. The summed E-state index contributed by atoms with van der Waals surface area (Å²) in [5, 5.41) is 3.58. The average molecular weight is 219 g/mol. The van der Waals surface area contributed by atoms with E-state index in [1.807, 2.05) is 0 Å². The van der Waals surface area contributed by atoms with Gasteiger partial charge in [0.15, 0.2) is 0 Å². The quantitative estimate of drug-likeness (QED) is 0.840. The minimum Gasteiger partial charge on any atom is -0.380 e. The maximum absolute atomic E-state index is 5.25. The Balaban J connectivity index is 1.87. The highest BCUT2D eigenvalue weighted by Crippen LogP contribution is 2.26. The molecular formula is C14H21NO. The normalized spacial score (nSPS) is 20.2. The molecule has 88 valence electrons. The molecule has 16 heavy (non-hydrogen) atoms. The molecular weight excluding hydrogens is 198 g/mol. The summed E-state index contributed by atoms with van der Waals surface area (Å²) in [5.74, 6) is 0. The van der Waals surface area contributed by atoms with Gasteiger partial charge in [-0.2, -0.15) is 0 Å². The highest BCUT2D eigenvalue weighted by molar-refractivity contribution is 5.23. The first-order valence-electron chi connectivity index (χ1n) is 5.97. The highest BCUT2D eigenvalue weighted by atomic mass is 16.5. The van der Waals surface area contributed by atoms with Crippen LogP contribution in [-0.2, 0) is 4.74 Å². The number of rotatable bonds is 4. The summed E-state index contributed by atoms with van der Waals surface area (Å²) in [7, 11) is 0. The lowest BCUT2D eigenvalue weighted by atomic mass is 9.88. The summed E-state index contributed by atoms with van der Waals surface area (Å²) in [5.41, 5.74) is 3.02. The molecule has 1 fully saturated rings. The second-order valence-electron chi connectivity index (χ2n) is 5.32. The maximum atomic E-state index is 5.25. The van der Waals surface area contributed by atoms with Gasteiger partial charge in [-0.1, -0.05) is 36.8 Å². The Bertz CT molecular complexity index is 340. The average Bonchev–Trinajstić information content (AvgIpc) is 2.24. The van der Waals surface area contributed by atoms with E-state index in [2.05, 4.69) is 50.4 Å². The van der Waals surface area contributed by atoms with Crippen LogP contribution in [0.3, 0.4) is 0 Å². The van der Waals surface area contributed by atoms with Crippen molar-refractivity contribution in [3.63, 3.8) is 0 Å². The van der Waals surface area contributed by atoms with Crippen LogP contribution in [0, 0.1) is 12.3 Å². The SMILES string of the molecule is Cc1ccc([C@@H](C)NCC2(C)COC2)cc1. The third-order valence-corrected chi connectivity index (χ3v) is 3.31. The third-order valence-electron chi connectivity index (χ3n) is 3.31.